The lowest BCUT2D eigenvalue weighted by atomic mass is 9.80. The summed E-state index contributed by atoms with van der Waals surface area (Å²) in [7, 11) is 1.39. The fraction of sp³-hybridized carbons (Fsp3) is 0.643. The third kappa shape index (κ3) is 4.01. The van der Waals surface area contributed by atoms with Crippen molar-refractivity contribution in [3.05, 3.63) is 17.6 Å². The normalized spacial score (nSPS) is 26.6. The summed E-state index contributed by atoms with van der Waals surface area (Å²) < 4.78 is 27.9. The Morgan fingerprint density at radius 3 is 2.33 bits per heavy atom. The molecule has 1 aliphatic carbocycles. The molecule has 0 saturated heterocycles. The van der Waals surface area contributed by atoms with E-state index in [1.54, 1.807) is 0 Å². The number of furan rings is 1. The van der Waals surface area contributed by atoms with Gasteiger partial charge in [-0.25, -0.2) is 8.42 Å². The first-order valence-corrected chi connectivity index (χ1v) is 9.33. The zero-order chi connectivity index (χ0) is 15.8. The molecule has 1 fully saturated rings. The summed E-state index contributed by atoms with van der Waals surface area (Å²) in [6.45, 7) is 5.81. The molecule has 2 rings (SSSR count). The molecule has 1 aromatic rings. The molecule has 0 aliphatic heterocycles. The minimum Gasteiger partial charge on any atom is -0.455 e. The number of carbonyl (C=O) groups is 1. The number of halogens is 1. The lowest BCUT2D eigenvalue weighted by Gasteiger charge is -2.31. The van der Waals surface area contributed by atoms with Gasteiger partial charge in [0.1, 0.15) is 10.7 Å². The highest BCUT2D eigenvalue weighted by atomic mass is 35.7. The SMILES string of the molecule is Cc1oc(C(=O)NC2CC(C)CC(C)C2)cc1S(=O)(=O)Cl. The van der Waals surface area contributed by atoms with E-state index in [1.165, 1.54) is 19.4 Å². The van der Waals surface area contributed by atoms with E-state index in [1.807, 2.05) is 0 Å². The van der Waals surface area contributed by atoms with Crippen molar-refractivity contribution >= 4 is 25.6 Å². The Hall–Kier alpha value is -1.01. The maximum Gasteiger partial charge on any atom is 0.287 e. The van der Waals surface area contributed by atoms with Crippen molar-refractivity contribution in [3.8, 4) is 0 Å². The molecule has 1 amide bonds. The molecule has 118 valence electrons. The second kappa shape index (κ2) is 6.01. The zero-order valence-corrected chi connectivity index (χ0v) is 13.9. The summed E-state index contributed by atoms with van der Waals surface area (Å²) in [4.78, 5) is 12.0. The molecule has 0 bridgehead atoms. The summed E-state index contributed by atoms with van der Waals surface area (Å²) in [5, 5.41) is 2.92. The van der Waals surface area contributed by atoms with Crippen molar-refractivity contribution in [1.29, 1.82) is 0 Å². The van der Waals surface area contributed by atoms with Crippen molar-refractivity contribution in [2.24, 2.45) is 11.8 Å². The molecule has 21 heavy (non-hydrogen) atoms. The van der Waals surface area contributed by atoms with Crippen LogP contribution in [0, 0.1) is 18.8 Å². The van der Waals surface area contributed by atoms with Gasteiger partial charge in [0, 0.05) is 22.8 Å². The standard InChI is InChI=1S/C14H20ClNO4S/c1-8-4-9(2)6-11(5-8)16-14(17)12-7-13(10(3)20-12)21(15,18)19/h7-9,11H,4-6H2,1-3H3,(H,16,17). The number of nitrogens with one attached hydrogen (secondary N) is 1. The van der Waals surface area contributed by atoms with Crippen LogP contribution < -0.4 is 5.32 Å². The molecule has 1 aliphatic rings. The monoisotopic (exact) mass is 333 g/mol. The predicted octanol–water partition coefficient (Wildman–Crippen LogP) is 3.07. The third-order valence-corrected chi connectivity index (χ3v) is 5.30. The van der Waals surface area contributed by atoms with Crippen molar-refractivity contribution < 1.29 is 17.6 Å². The molecule has 1 N–H and O–H groups in total. The molecule has 1 aromatic heterocycles. The fourth-order valence-corrected chi connectivity index (χ4v) is 4.23. The molecular formula is C14H20ClNO4S. The number of amides is 1. The molecule has 0 spiro atoms. The maximum absolute atomic E-state index is 12.2. The van der Waals surface area contributed by atoms with Gasteiger partial charge in [-0.3, -0.25) is 4.79 Å². The average Bonchev–Trinajstić information content (AvgIpc) is 2.69. The van der Waals surface area contributed by atoms with Crippen LogP contribution in [0.3, 0.4) is 0 Å². The van der Waals surface area contributed by atoms with Crippen LogP contribution in [0.5, 0.6) is 0 Å². The van der Waals surface area contributed by atoms with E-state index in [0.29, 0.717) is 11.8 Å². The first-order valence-electron chi connectivity index (χ1n) is 7.02. The number of hydrogen-bond acceptors (Lipinski definition) is 4. The maximum atomic E-state index is 12.2. The molecule has 2 atom stereocenters. The Kier molecular flexibility index (Phi) is 4.68. The molecular weight excluding hydrogens is 314 g/mol. The minimum atomic E-state index is -3.90. The van der Waals surface area contributed by atoms with Gasteiger partial charge in [-0.2, -0.15) is 0 Å². The minimum absolute atomic E-state index is 0.0161. The van der Waals surface area contributed by atoms with E-state index in [9.17, 15) is 13.2 Å². The van der Waals surface area contributed by atoms with Crippen LogP contribution >= 0.6 is 10.7 Å². The van der Waals surface area contributed by atoms with Crippen LogP contribution in [-0.4, -0.2) is 20.4 Å². The van der Waals surface area contributed by atoms with Gasteiger partial charge in [0.2, 0.25) is 0 Å². The van der Waals surface area contributed by atoms with Gasteiger partial charge in [-0.05, 0) is 38.0 Å². The van der Waals surface area contributed by atoms with Gasteiger partial charge in [-0.1, -0.05) is 13.8 Å². The highest BCUT2D eigenvalue weighted by molar-refractivity contribution is 8.13. The Morgan fingerprint density at radius 1 is 1.29 bits per heavy atom. The quantitative estimate of drug-likeness (QED) is 0.862. The third-order valence-electron chi connectivity index (χ3n) is 3.87. The van der Waals surface area contributed by atoms with Crippen molar-refractivity contribution in [2.45, 2.75) is 51.0 Å². The number of carbonyl (C=O) groups excluding carboxylic acids is 1. The molecule has 1 heterocycles. The first-order chi connectivity index (χ1) is 9.66. The molecule has 7 heteroatoms. The number of aryl methyl sites for hydroxylation is 1. The van der Waals surface area contributed by atoms with E-state index in [0.717, 1.165) is 12.8 Å². The second-order valence-corrected chi connectivity index (χ2v) is 8.59. The van der Waals surface area contributed by atoms with Crippen LogP contribution in [-0.2, 0) is 9.05 Å². The summed E-state index contributed by atoms with van der Waals surface area (Å²) in [5.41, 5.74) is 0. The Bertz CT molecular complexity index is 627. The molecule has 1 saturated carbocycles. The summed E-state index contributed by atoms with van der Waals surface area (Å²) in [6, 6.07) is 1.28. The van der Waals surface area contributed by atoms with E-state index in [4.69, 9.17) is 15.1 Å². The smallest absolute Gasteiger partial charge is 0.287 e. The van der Waals surface area contributed by atoms with Crippen molar-refractivity contribution in [3.63, 3.8) is 0 Å². The van der Waals surface area contributed by atoms with Gasteiger partial charge >= 0.3 is 0 Å². The van der Waals surface area contributed by atoms with Crippen molar-refractivity contribution in [1.82, 2.24) is 5.32 Å². The van der Waals surface area contributed by atoms with Gasteiger partial charge in [0.25, 0.3) is 15.0 Å². The molecule has 2 unspecified atom stereocenters. The van der Waals surface area contributed by atoms with Crippen LogP contribution in [0.25, 0.3) is 0 Å². The largest absolute Gasteiger partial charge is 0.455 e. The zero-order valence-electron chi connectivity index (χ0n) is 12.3. The van der Waals surface area contributed by atoms with Crippen LogP contribution in [0.2, 0.25) is 0 Å². The van der Waals surface area contributed by atoms with Gasteiger partial charge in [-0.15, -0.1) is 0 Å². The molecule has 0 aromatic carbocycles. The Morgan fingerprint density at radius 2 is 1.86 bits per heavy atom. The average molecular weight is 334 g/mol. The lowest BCUT2D eigenvalue weighted by Crippen LogP contribution is -2.39. The summed E-state index contributed by atoms with van der Waals surface area (Å²) >= 11 is 0. The highest BCUT2D eigenvalue weighted by Gasteiger charge is 2.27. The Labute approximate surface area is 129 Å². The fourth-order valence-electron chi connectivity index (χ4n) is 3.14. The van der Waals surface area contributed by atoms with Crippen LogP contribution in [0.4, 0.5) is 0 Å². The Balaban J connectivity index is 2.11. The van der Waals surface area contributed by atoms with Gasteiger partial charge < -0.3 is 9.73 Å². The molecule has 0 radical (unpaired) electrons. The van der Waals surface area contributed by atoms with Gasteiger partial charge in [0.05, 0.1) is 0 Å². The van der Waals surface area contributed by atoms with E-state index < -0.39 is 15.0 Å². The topological polar surface area (TPSA) is 76.4 Å². The van der Waals surface area contributed by atoms with E-state index in [-0.39, 0.29) is 22.5 Å². The van der Waals surface area contributed by atoms with Crippen LogP contribution in [0.1, 0.15) is 49.4 Å². The number of rotatable bonds is 3. The highest BCUT2D eigenvalue weighted by Crippen LogP contribution is 2.29. The van der Waals surface area contributed by atoms with E-state index >= 15 is 0 Å². The molecule has 5 nitrogen and oxygen atoms in total. The van der Waals surface area contributed by atoms with Gasteiger partial charge in [0.15, 0.2) is 5.76 Å². The van der Waals surface area contributed by atoms with E-state index in [2.05, 4.69) is 19.2 Å². The number of hydrogen-bond donors (Lipinski definition) is 1. The second-order valence-electron chi connectivity index (χ2n) is 6.06. The first kappa shape index (κ1) is 16.4. The van der Waals surface area contributed by atoms with Crippen LogP contribution in [0.15, 0.2) is 15.4 Å². The summed E-state index contributed by atoms with van der Waals surface area (Å²) in [6.07, 6.45) is 3.02. The predicted molar refractivity (Wildman–Crippen MR) is 79.9 cm³/mol. The lowest BCUT2D eigenvalue weighted by molar-refractivity contribution is 0.0881. The summed E-state index contributed by atoms with van der Waals surface area (Å²) in [5.74, 6) is 0.849. The van der Waals surface area contributed by atoms with Crippen molar-refractivity contribution in [2.75, 3.05) is 0 Å².